The van der Waals surface area contributed by atoms with Gasteiger partial charge < -0.3 is 14.9 Å². The normalized spacial score (nSPS) is 15.2. The molecule has 11 heteroatoms. The summed E-state index contributed by atoms with van der Waals surface area (Å²) >= 11 is 0. The zero-order chi connectivity index (χ0) is 23.0. The van der Waals surface area contributed by atoms with E-state index in [4.69, 9.17) is 0 Å². The van der Waals surface area contributed by atoms with E-state index >= 15 is 0 Å². The van der Waals surface area contributed by atoms with E-state index in [2.05, 4.69) is 14.6 Å². The third-order valence-electron chi connectivity index (χ3n) is 5.31. The van der Waals surface area contributed by atoms with Gasteiger partial charge in [-0.15, -0.1) is 0 Å². The molecule has 2 N–H and O–H groups in total. The minimum Gasteiger partial charge on any atom is -0.478 e. The number of aromatic nitrogens is 1. The van der Waals surface area contributed by atoms with Gasteiger partial charge in [0.15, 0.2) is 11.6 Å². The van der Waals surface area contributed by atoms with Crippen LogP contribution in [0, 0.1) is 11.6 Å². The maximum absolute atomic E-state index is 13.5. The molecule has 1 aliphatic rings. The van der Waals surface area contributed by atoms with Crippen molar-refractivity contribution < 1.29 is 27.1 Å². The zero-order valence-electron chi connectivity index (χ0n) is 17.0. The van der Waals surface area contributed by atoms with Gasteiger partial charge in [-0.25, -0.2) is 27.0 Å². The van der Waals surface area contributed by atoms with Crippen molar-refractivity contribution in [2.24, 2.45) is 0 Å². The van der Waals surface area contributed by atoms with Crippen LogP contribution in [0.1, 0.15) is 10.4 Å². The molecule has 4 rings (SSSR count). The first kappa shape index (κ1) is 21.9. The second-order valence-electron chi connectivity index (χ2n) is 7.54. The smallest absolute Gasteiger partial charge is 0.336 e. The molecule has 2 heterocycles. The number of aromatic carboxylic acids is 1. The number of likely N-dealkylation sites (N-methyl/N-ethyl adjacent to an activating group) is 1. The van der Waals surface area contributed by atoms with Gasteiger partial charge in [-0.05, 0) is 49.5 Å². The second-order valence-corrected chi connectivity index (χ2v) is 9.22. The standard InChI is InChI=1S/C21H20F2N4O4S/c1-26-6-8-27(9-7-26)20-12-16(21(28)29)15-10-13(2-5-19(15)24-20)25-32(30,31)14-3-4-17(22)18(23)11-14/h2-5,10-12,25H,6-9H2,1H3,(H,28,29). The van der Waals surface area contributed by atoms with E-state index in [0.717, 1.165) is 25.2 Å². The maximum Gasteiger partial charge on any atom is 0.336 e. The Hall–Kier alpha value is -3.31. The van der Waals surface area contributed by atoms with E-state index in [0.29, 0.717) is 30.5 Å². The monoisotopic (exact) mass is 462 g/mol. The molecule has 2 aromatic carbocycles. The van der Waals surface area contributed by atoms with Crippen molar-refractivity contribution in [3.8, 4) is 0 Å². The largest absolute Gasteiger partial charge is 0.478 e. The number of halogens is 2. The Labute approximate surface area is 183 Å². The van der Waals surface area contributed by atoms with Crippen molar-refractivity contribution >= 4 is 38.4 Å². The molecule has 0 saturated carbocycles. The molecule has 0 bridgehead atoms. The Morgan fingerprint density at radius 3 is 2.41 bits per heavy atom. The molecule has 8 nitrogen and oxygen atoms in total. The molecule has 1 aromatic heterocycles. The highest BCUT2D eigenvalue weighted by Crippen LogP contribution is 2.28. The van der Waals surface area contributed by atoms with Gasteiger partial charge in [-0.1, -0.05) is 0 Å². The van der Waals surface area contributed by atoms with Crippen LogP contribution in [-0.2, 0) is 10.0 Å². The van der Waals surface area contributed by atoms with Crippen molar-refractivity contribution in [1.82, 2.24) is 9.88 Å². The molecule has 1 fully saturated rings. The van der Waals surface area contributed by atoms with Gasteiger partial charge in [0.25, 0.3) is 10.0 Å². The summed E-state index contributed by atoms with van der Waals surface area (Å²) in [6.07, 6.45) is 0. The number of carboxylic acids is 1. The number of hydrogen-bond donors (Lipinski definition) is 2. The van der Waals surface area contributed by atoms with E-state index in [1.54, 1.807) is 0 Å². The van der Waals surface area contributed by atoms with Crippen LogP contribution in [0.4, 0.5) is 20.3 Å². The summed E-state index contributed by atoms with van der Waals surface area (Å²) in [6.45, 7) is 3.07. The third kappa shape index (κ3) is 4.34. The molecule has 168 valence electrons. The zero-order valence-corrected chi connectivity index (χ0v) is 17.9. The number of pyridine rings is 1. The van der Waals surface area contributed by atoms with Crippen molar-refractivity contribution in [1.29, 1.82) is 0 Å². The quantitative estimate of drug-likeness (QED) is 0.601. The predicted molar refractivity (Wildman–Crippen MR) is 116 cm³/mol. The maximum atomic E-state index is 13.5. The summed E-state index contributed by atoms with van der Waals surface area (Å²) in [5.41, 5.74) is 0.450. The lowest BCUT2D eigenvalue weighted by molar-refractivity contribution is 0.0699. The van der Waals surface area contributed by atoms with Gasteiger partial charge in [-0.2, -0.15) is 0 Å². The van der Waals surface area contributed by atoms with Crippen molar-refractivity contribution in [2.75, 3.05) is 42.8 Å². The molecule has 0 spiro atoms. The number of fused-ring (bicyclic) bond motifs is 1. The summed E-state index contributed by atoms with van der Waals surface area (Å²) in [5, 5.41) is 9.99. The fraction of sp³-hybridized carbons (Fsp3) is 0.238. The highest BCUT2D eigenvalue weighted by Gasteiger charge is 2.21. The number of sulfonamides is 1. The minimum absolute atomic E-state index is 0.0159. The van der Waals surface area contributed by atoms with Gasteiger partial charge in [0.05, 0.1) is 16.0 Å². The lowest BCUT2D eigenvalue weighted by Gasteiger charge is -2.33. The van der Waals surface area contributed by atoms with Crippen molar-refractivity contribution in [3.63, 3.8) is 0 Å². The molecule has 0 radical (unpaired) electrons. The van der Waals surface area contributed by atoms with E-state index in [-0.39, 0.29) is 16.6 Å². The lowest BCUT2D eigenvalue weighted by Crippen LogP contribution is -2.44. The number of carboxylic acid groups (broad SMARTS) is 1. The Bertz CT molecular complexity index is 1310. The summed E-state index contributed by atoms with van der Waals surface area (Å²) in [5.74, 6) is -3.09. The summed E-state index contributed by atoms with van der Waals surface area (Å²) < 4.78 is 54.0. The highest BCUT2D eigenvalue weighted by molar-refractivity contribution is 7.92. The number of nitrogens with one attached hydrogen (secondary N) is 1. The minimum atomic E-state index is -4.22. The van der Waals surface area contributed by atoms with Crippen LogP contribution in [0.3, 0.4) is 0 Å². The molecule has 1 aliphatic heterocycles. The lowest BCUT2D eigenvalue weighted by atomic mass is 10.1. The van der Waals surface area contributed by atoms with E-state index in [1.807, 2.05) is 11.9 Å². The van der Waals surface area contributed by atoms with E-state index < -0.39 is 32.5 Å². The van der Waals surface area contributed by atoms with Gasteiger partial charge in [0.2, 0.25) is 0 Å². The van der Waals surface area contributed by atoms with Gasteiger partial charge >= 0.3 is 5.97 Å². The number of benzene rings is 2. The fourth-order valence-electron chi connectivity index (χ4n) is 3.51. The number of piperazine rings is 1. The molecule has 32 heavy (non-hydrogen) atoms. The average molecular weight is 462 g/mol. The molecule has 0 aliphatic carbocycles. The molecular formula is C21H20F2N4O4S. The predicted octanol–water partition coefficient (Wildman–Crippen LogP) is 2.76. The van der Waals surface area contributed by atoms with E-state index in [1.165, 1.54) is 24.3 Å². The van der Waals surface area contributed by atoms with Crippen LogP contribution in [-0.4, -0.2) is 62.6 Å². The number of hydrogen-bond acceptors (Lipinski definition) is 6. The van der Waals surface area contributed by atoms with Crippen LogP contribution in [0.5, 0.6) is 0 Å². The number of nitrogens with zero attached hydrogens (tertiary/aromatic N) is 3. The SMILES string of the molecule is CN1CCN(c2cc(C(=O)O)c3cc(NS(=O)(=O)c4ccc(F)c(F)c4)ccc3n2)CC1. The summed E-state index contributed by atoms with van der Waals surface area (Å²) in [4.78, 5) is 20.2. The summed E-state index contributed by atoms with van der Waals surface area (Å²) in [6, 6.07) is 8.02. The summed E-state index contributed by atoms with van der Waals surface area (Å²) in [7, 11) is -2.21. The van der Waals surface area contributed by atoms with Crippen LogP contribution in [0.15, 0.2) is 47.4 Å². The first-order chi connectivity index (χ1) is 15.1. The Morgan fingerprint density at radius 2 is 1.75 bits per heavy atom. The first-order valence-corrected chi connectivity index (χ1v) is 11.2. The number of rotatable bonds is 5. The van der Waals surface area contributed by atoms with Gasteiger partial charge in [-0.3, -0.25) is 4.72 Å². The van der Waals surface area contributed by atoms with Gasteiger partial charge in [0.1, 0.15) is 5.82 Å². The van der Waals surface area contributed by atoms with Gasteiger partial charge in [0, 0.05) is 37.3 Å². The molecule has 0 atom stereocenters. The van der Waals surface area contributed by atoms with Crippen LogP contribution in [0.2, 0.25) is 0 Å². The van der Waals surface area contributed by atoms with Crippen molar-refractivity contribution in [3.05, 3.63) is 59.7 Å². The Kier molecular flexibility index (Phi) is 5.70. The van der Waals surface area contributed by atoms with Crippen LogP contribution < -0.4 is 9.62 Å². The first-order valence-electron chi connectivity index (χ1n) is 9.73. The Balaban J connectivity index is 1.70. The van der Waals surface area contributed by atoms with E-state index in [9.17, 15) is 27.1 Å². The molecule has 0 amide bonds. The molecule has 1 saturated heterocycles. The second kappa shape index (κ2) is 8.32. The molecule has 0 unspecified atom stereocenters. The van der Waals surface area contributed by atoms with Crippen molar-refractivity contribution in [2.45, 2.75) is 4.90 Å². The van der Waals surface area contributed by atoms with Crippen LogP contribution in [0.25, 0.3) is 10.9 Å². The molecule has 3 aromatic rings. The Morgan fingerprint density at radius 1 is 1.03 bits per heavy atom. The average Bonchev–Trinajstić information content (AvgIpc) is 2.75. The third-order valence-corrected chi connectivity index (χ3v) is 6.69. The van der Waals surface area contributed by atoms with Crippen LogP contribution >= 0.6 is 0 Å². The fourth-order valence-corrected chi connectivity index (χ4v) is 4.57. The highest BCUT2D eigenvalue weighted by atomic mass is 32.2. The number of anilines is 2. The number of carbonyl (C=O) groups is 1. The topological polar surface area (TPSA) is 103 Å². The molecular weight excluding hydrogens is 442 g/mol.